The summed E-state index contributed by atoms with van der Waals surface area (Å²) in [6, 6.07) is 9.06. The number of hydrogen-bond donors (Lipinski definition) is 0. The van der Waals surface area contributed by atoms with E-state index in [0.717, 1.165) is 18.3 Å². The van der Waals surface area contributed by atoms with E-state index in [1.807, 2.05) is 18.7 Å². The molecule has 0 saturated carbocycles. The number of amides is 1. The summed E-state index contributed by atoms with van der Waals surface area (Å²) in [5.41, 5.74) is 1.10. The number of rotatable bonds is 5. The first kappa shape index (κ1) is 14.7. The zero-order chi connectivity index (χ0) is 13.5. The second-order valence-corrected chi connectivity index (χ2v) is 5.12. The fourth-order valence-corrected chi connectivity index (χ4v) is 1.96. The largest absolute Gasteiger partial charge is 0.336 e. The number of hydrogen-bond acceptors (Lipinski definition) is 2. The van der Waals surface area contributed by atoms with E-state index >= 15 is 0 Å². The Hall–Kier alpha value is -1.34. The predicted octanol–water partition coefficient (Wildman–Crippen LogP) is 3.19. The van der Waals surface area contributed by atoms with Crippen molar-refractivity contribution in [1.82, 2.24) is 4.90 Å². The standard InChI is InChI=1S/C14H17BrN2O/c1-11(2)17(8-4-7-15)14(18)13-6-3-5-12(9-13)10-16/h3,5-6,9,11H,4,7-8H2,1-2H3. The van der Waals surface area contributed by atoms with Gasteiger partial charge in [-0.2, -0.15) is 5.26 Å². The number of alkyl halides is 1. The lowest BCUT2D eigenvalue weighted by Gasteiger charge is -2.26. The quantitative estimate of drug-likeness (QED) is 0.784. The van der Waals surface area contributed by atoms with Gasteiger partial charge in [0.1, 0.15) is 0 Å². The molecule has 0 aliphatic carbocycles. The number of benzene rings is 1. The van der Waals surface area contributed by atoms with Crippen LogP contribution in [-0.2, 0) is 0 Å². The van der Waals surface area contributed by atoms with Crippen LogP contribution < -0.4 is 0 Å². The molecule has 1 amide bonds. The Kier molecular flexibility index (Phi) is 5.87. The van der Waals surface area contributed by atoms with Crippen LogP contribution in [0.25, 0.3) is 0 Å². The first-order valence-electron chi connectivity index (χ1n) is 5.97. The maximum Gasteiger partial charge on any atom is 0.254 e. The Balaban J connectivity index is 2.91. The molecule has 1 rings (SSSR count). The normalized spacial score (nSPS) is 10.2. The van der Waals surface area contributed by atoms with E-state index in [1.54, 1.807) is 24.3 Å². The summed E-state index contributed by atoms with van der Waals surface area (Å²) in [4.78, 5) is 14.2. The van der Waals surface area contributed by atoms with Crippen molar-refractivity contribution in [2.45, 2.75) is 26.3 Å². The van der Waals surface area contributed by atoms with E-state index in [0.29, 0.717) is 11.1 Å². The number of carbonyl (C=O) groups excluding carboxylic acids is 1. The minimum absolute atomic E-state index is 0.0111. The molecule has 0 spiro atoms. The van der Waals surface area contributed by atoms with Crippen LogP contribution in [-0.4, -0.2) is 28.7 Å². The lowest BCUT2D eigenvalue weighted by Crippen LogP contribution is -2.37. The zero-order valence-corrected chi connectivity index (χ0v) is 12.3. The molecule has 0 saturated heterocycles. The smallest absolute Gasteiger partial charge is 0.254 e. The topological polar surface area (TPSA) is 44.1 Å². The maximum absolute atomic E-state index is 12.4. The van der Waals surface area contributed by atoms with Crippen molar-refractivity contribution < 1.29 is 4.79 Å². The molecule has 1 aromatic carbocycles. The Bertz CT molecular complexity index is 451. The maximum atomic E-state index is 12.4. The first-order chi connectivity index (χ1) is 8.60. The molecule has 0 aliphatic heterocycles. The highest BCUT2D eigenvalue weighted by molar-refractivity contribution is 9.09. The molecule has 3 nitrogen and oxygen atoms in total. The molecule has 0 heterocycles. The lowest BCUT2D eigenvalue weighted by atomic mass is 10.1. The van der Waals surface area contributed by atoms with E-state index in [1.165, 1.54) is 0 Å². The van der Waals surface area contributed by atoms with E-state index < -0.39 is 0 Å². The van der Waals surface area contributed by atoms with Crippen LogP contribution in [0, 0.1) is 11.3 Å². The van der Waals surface area contributed by atoms with Gasteiger partial charge in [0.05, 0.1) is 11.6 Å². The first-order valence-corrected chi connectivity index (χ1v) is 7.09. The predicted molar refractivity (Wildman–Crippen MR) is 75.7 cm³/mol. The van der Waals surface area contributed by atoms with Gasteiger partial charge in [0.25, 0.3) is 5.91 Å². The minimum Gasteiger partial charge on any atom is -0.336 e. The van der Waals surface area contributed by atoms with Crippen LogP contribution in [0.4, 0.5) is 0 Å². The van der Waals surface area contributed by atoms with Gasteiger partial charge in [-0.3, -0.25) is 4.79 Å². The molecule has 0 N–H and O–H groups in total. The monoisotopic (exact) mass is 308 g/mol. The molecule has 0 atom stereocenters. The Labute approximate surface area is 117 Å². The van der Waals surface area contributed by atoms with Crippen molar-refractivity contribution in [1.29, 1.82) is 5.26 Å². The van der Waals surface area contributed by atoms with Crippen molar-refractivity contribution in [3.8, 4) is 6.07 Å². The summed E-state index contributed by atoms with van der Waals surface area (Å²) in [6.45, 7) is 4.72. The van der Waals surface area contributed by atoms with Gasteiger partial charge in [-0.1, -0.05) is 22.0 Å². The van der Waals surface area contributed by atoms with Crippen molar-refractivity contribution in [3.05, 3.63) is 35.4 Å². The minimum atomic E-state index is -0.0111. The van der Waals surface area contributed by atoms with Gasteiger partial charge < -0.3 is 4.90 Å². The molecule has 0 unspecified atom stereocenters. The highest BCUT2D eigenvalue weighted by atomic mass is 79.9. The number of halogens is 1. The molecule has 4 heteroatoms. The van der Waals surface area contributed by atoms with Crippen molar-refractivity contribution in [2.24, 2.45) is 0 Å². The van der Waals surface area contributed by atoms with Crippen molar-refractivity contribution in [3.63, 3.8) is 0 Å². The van der Waals surface area contributed by atoms with Gasteiger partial charge in [0.15, 0.2) is 0 Å². The molecular weight excluding hydrogens is 292 g/mol. The highest BCUT2D eigenvalue weighted by Gasteiger charge is 2.18. The van der Waals surface area contributed by atoms with Crippen LogP contribution in [0.2, 0.25) is 0 Å². The lowest BCUT2D eigenvalue weighted by molar-refractivity contribution is 0.0706. The Morgan fingerprint density at radius 2 is 2.22 bits per heavy atom. The Morgan fingerprint density at radius 1 is 1.50 bits per heavy atom. The van der Waals surface area contributed by atoms with Crippen molar-refractivity contribution in [2.75, 3.05) is 11.9 Å². The van der Waals surface area contributed by atoms with Crippen LogP contribution in [0.3, 0.4) is 0 Å². The van der Waals surface area contributed by atoms with Gasteiger partial charge in [0, 0.05) is 23.5 Å². The van der Waals surface area contributed by atoms with Gasteiger partial charge in [-0.25, -0.2) is 0 Å². The SMILES string of the molecule is CC(C)N(CCCBr)C(=O)c1cccc(C#N)c1. The molecule has 0 bridgehead atoms. The van der Waals surface area contributed by atoms with Crippen molar-refractivity contribution >= 4 is 21.8 Å². The third-order valence-corrected chi connectivity index (χ3v) is 3.22. The zero-order valence-electron chi connectivity index (χ0n) is 10.7. The summed E-state index contributed by atoms with van der Waals surface area (Å²) >= 11 is 3.37. The van der Waals surface area contributed by atoms with Gasteiger partial charge in [-0.15, -0.1) is 0 Å². The molecule has 0 radical (unpaired) electrons. The number of nitriles is 1. The third kappa shape index (κ3) is 3.85. The van der Waals surface area contributed by atoms with Crippen LogP contribution in [0.1, 0.15) is 36.2 Å². The average molecular weight is 309 g/mol. The van der Waals surface area contributed by atoms with Gasteiger partial charge in [-0.05, 0) is 38.5 Å². The van der Waals surface area contributed by atoms with Gasteiger partial charge in [0.2, 0.25) is 0 Å². The molecule has 0 aliphatic rings. The second-order valence-electron chi connectivity index (χ2n) is 4.33. The fourth-order valence-electron chi connectivity index (χ4n) is 1.71. The summed E-state index contributed by atoms with van der Waals surface area (Å²) in [6.07, 6.45) is 0.919. The Morgan fingerprint density at radius 3 is 2.78 bits per heavy atom. The number of carbonyl (C=O) groups is 1. The van der Waals surface area contributed by atoms with Crippen LogP contribution in [0.15, 0.2) is 24.3 Å². The molecule has 1 aromatic rings. The van der Waals surface area contributed by atoms with Gasteiger partial charge >= 0.3 is 0 Å². The number of nitrogens with zero attached hydrogens (tertiary/aromatic N) is 2. The third-order valence-electron chi connectivity index (χ3n) is 2.66. The summed E-state index contributed by atoms with van der Waals surface area (Å²) in [7, 11) is 0. The van der Waals surface area contributed by atoms with Crippen LogP contribution >= 0.6 is 15.9 Å². The molecular formula is C14H17BrN2O. The summed E-state index contributed by atoms with van der Waals surface area (Å²) in [5.74, 6) is -0.0111. The highest BCUT2D eigenvalue weighted by Crippen LogP contribution is 2.11. The fraction of sp³-hybridized carbons (Fsp3) is 0.429. The van der Waals surface area contributed by atoms with E-state index in [2.05, 4.69) is 22.0 Å². The van der Waals surface area contributed by atoms with E-state index in [-0.39, 0.29) is 11.9 Å². The molecule has 0 fully saturated rings. The summed E-state index contributed by atoms with van der Waals surface area (Å²) in [5, 5.41) is 9.73. The van der Waals surface area contributed by atoms with E-state index in [9.17, 15) is 4.79 Å². The molecule has 0 aromatic heterocycles. The average Bonchev–Trinajstić information content (AvgIpc) is 2.38. The van der Waals surface area contributed by atoms with Crippen LogP contribution in [0.5, 0.6) is 0 Å². The summed E-state index contributed by atoms with van der Waals surface area (Å²) < 4.78 is 0. The molecule has 18 heavy (non-hydrogen) atoms. The van der Waals surface area contributed by atoms with E-state index in [4.69, 9.17) is 5.26 Å². The molecule has 96 valence electrons. The second kappa shape index (κ2) is 7.17.